The van der Waals surface area contributed by atoms with Crippen LogP contribution in [0.15, 0.2) is 0 Å². The van der Waals surface area contributed by atoms with Crippen molar-refractivity contribution in [1.29, 1.82) is 0 Å². The van der Waals surface area contributed by atoms with Crippen molar-refractivity contribution in [2.75, 3.05) is 0 Å². The molecule has 0 saturated heterocycles. The summed E-state index contributed by atoms with van der Waals surface area (Å²) < 4.78 is 0. The number of carbonyl (C=O) groups is 4. The van der Waals surface area contributed by atoms with Crippen LogP contribution in [0.4, 0.5) is 0 Å². The van der Waals surface area contributed by atoms with E-state index >= 15 is 0 Å². The van der Waals surface area contributed by atoms with E-state index in [0.717, 1.165) is 27.7 Å². The molecule has 0 fully saturated rings. The van der Waals surface area contributed by atoms with Crippen molar-refractivity contribution in [3.05, 3.63) is 0 Å². The Kier molecular flexibility index (Phi) is 59.9. The molecule has 0 aromatic rings. The van der Waals surface area contributed by atoms with Gasteiger partial charge in [0.25, 0.3) is 17.9 Å². The van der Waals surface area contributed by atoms with E-state index in [1.54, 1.807) is 0 Å². The van der Waals surface area contributed by atoms with Crippen molar-refractivity contribution in [3.8, 4) is 0 Å². The number of hydrogen-bond donors (Lipinski definition) is 3. The first kappa shape index (κ1) is 36.0. The van der Waals surface area contributed by atoms with E-state index in [0.29, 0.717) is 0 Å². The fourth-order valence-electron chi connectivity index (χ4n) is 0. The third kappa shape index (κ3) is 8850. The fraction of sp³-hybridized carbons (Fsp3) is 0.500. The third-order valence-electron chi connectivity index (χ3n) is 0. The summed E-state index contributed by atoms with van der Waals surface area (Å²) in [5.41, 5.74) is 0. The second-order valence-electron chi connectivity index (χ2n) is 2.05. The van der Waals surface area contributed by atoms with Gasteiger partial charge in [-0.3, -0.25) is 14.4 Å². The first-order valence-electron chi connectivity index (χ1n) is 3.69. The number of carbonyl (C=O) groups excluding carboxylic acids is 1. The molecule has 18 heavy (non-hydrogen) atoms. The second kappa shape index (κ2) is 29.9. The summed E-state index contributed by atoms with van der Waals surface area (Å²) in [5.74, 6) is -3.58. The monoisotopic (exact) mass is 318 g/mol. The van der Waals surface area contributed by atoms with Crippen molar-refractivity contribution >= 4 is 23.9 Å². The molecule has 3 N–H and O–H groups in total. The Labute approximate surface area is 137 Å². The molecule has 0 aliphatic carbocycles. The molecule has 0 saturated carbocycles. The van der Waals surface area contributed by atoms with Crippen LogP contribution in [0.1, 0.15) is 27.7 Å². The summed E-state index contributed by atoms with van der Waals surface area (Å²) in [5, 5.41) is 31.1. The maximum atomic E-state index is 9.00. The van der Waals surface area contributed by atoms with E-state index in [1.165, 1.54) is 0 Å². The molecule has 0 spiro atoms. The summed E-state index contributed by atoms with van der Waals surface area (Å²) >= 11 is 0. The molecule has 0 rings (SSSR count). The van der Waals surface area contributed by atoms with E-state index in [2.05, 4.69) is 0 Å². The van der Waals surface area contributed by atoms with Gasteiger partial charge >= 0.3 is 29.6 Å². The van der Waals surface area contributed by atoms with E-state index < -0.39 is 23.9 Å². The quantitative estimate of drug-likeness (QED) is 0.382. The summed E-state index contributed by atoms with van der Waals surface area (Å²) in [6.45, 7) is 4.22. The maximum absolute atomic E-state index is 9.00. The minimum absolute atomic E-state index is 0. The molecular weight excluding hydrogens is 303 g/mol. The van der Waals surface area contributed by atoms with E-state index in [-0.39, 0.29) is 46.6 Å². The van der Waals surface area contributed by atoms with Gasteiger partial charge in [0.05, 0.1) is 0 Å². The predicted molar refractivity (Wildman–Crippen MR) is 50.6 cm³/mol. The SMILES string of the molecule is CC(=O)O.CC(=O)O.CC(=O)O.CC(=O)[O-].[Fe].[Na+]. The fourth-order valence-corrected chi connectivity index (χ4v) is 0. The Bertz CT molecular complexity index is 167. The molecule has 0 bridgehead atoms. The Morgan fingerprint density at radius 1 is 0.722 bits per heavy atom. The van der Waals surface area contributed by atoms with E-state index in [4.69, 9.17) is 39.6 Å². The standard InChI is InChI=1S/4C2H4O2.Fe.Na/c4*1-2(3)4;;/h4*1H3,(H,3,4);;/q;;;;;+1/p-1. The van der Waals surface area contributed by atoms with Crippen LogP contribution in [0.5, 0.6) is 0 Å². The molecule has 104 valence electrons. The number of carboxylic acid groups (broad SMARTS) is 4. The van der Waals surface area contributed by atoms with Crippen molar-refractivity contribution in [2.24, 2.45) is 0 Å². The first-order valence-corrected chi connectivity index (χ1v) is 3.69. The Balaban J connectivity index is -0.0000000257. The Morgan fingerprint density at radius 2 is 0.722 bits per heavy atom. The third-order valence-corrected chi connectivity index (χ3v) is 0. The molecular formula is C8H15FeNaO8. The first-order chi connectivity index (χ1) is 6.93. The summed E-state index contributed by atoms with van der Waals surface area (Å²) in [7, 11) is 0. The summed E-state index contributed by atoms with van der Waals surface area (Å²) in [6.07, 6.45) is 0. The molecule has 0 aromatic heterocycles. The van der Waals surface area contributed by atoms with Crippen LogP contribution in [0.3, 0.4) is 0 Å². The van der Waals surface area contributed by atoms with Crippen LogP contribution >= 0.6 is 0 Å². The Hall–Kier alpha value is -0.601. The molecule has 8 nitrogen and oxygen atoms in total. The number of rotatable bonds is 0. The zero-order valence-electron chi connectivity index (χ0n) is 10.7. The van der Waals surface area contributed by atoms with Crippen LogP contribution in [0.2, 0.25) is 0 Å². The average molecular weight is 318 g/mol. The van der Waals surface area contributed by atoms with Crippen molar-refractivity contribution in [1.82, 2.24) is 0 Å². The van der Waals surface area contributed by atoms with Crippen LogP contribution in [-0.4, -0.2) is 39.2 Å². The molecule has 0 aromatic carbocycles. The summed E-state index contributed by atoms with van der Waals surface area (Å²) in [4.78, 5) is 35.9. The molecule has 0 aliphatic heterocycles. The largest absolute Gasteiger partial charge is 1.00 e. The molecule has 0 atom stereocenters. The van der Waals surface area contributed by atoms with Gasteiger partial charge in [-0.15, -0.1) is 0 Å². The van der Waals surface area contributed by atoms with Gasteiger partial charge in [0, 0.05) is 43.8 Å². The van der Waals surface area contributed by atoms with Gasteiger partial charge in [-0.05, 0) is 6.92 Å². The van der Waals surface area contributed by atoms with Gasteiger partial charge in [0.2, 0.25) is 0 Å². The van der Waals surface area contributed by atoms with Gasteiger partial charge in [-0.2, -0.15) is 0 Å². The number of hydrogen-bond acceptors (Lipinski definition) is 5. The average Bonchev–Trinajstić information content (AvgIpc) is 1.76. The minimum atomic E-state index is -1.08. The molecule has 0 aliphatic rings. The van der Waals surface area contributed by atoms with Gasteiger partial charge in [0.15, 0.2) is 0 Å². The molecule has 0 unspecified atom stereocenters. The van der Waals surface area contributed by atoms with Gasteiger partial charge < -0.3 is 25.2 Å². The van der Waals surface area contributed by atoms with Crippen LogP contribution in [-0.2, 0) is 36.2 Å². The maximum Gasteiger partial charge on any atom is 1.00 e. The number of aliphatic carboxylic acids is 4. The summed E-state index contributed by atoms with van der Waals surface area (Å²) in [6, 6.07) is 0. The molecule has 10 heteroatoms. The van der Waals surface area contributed by atoms with Crippen LogP contribution in [0.25, 0.3) is 0 Å². The van der Waals surface area contributed by atoms with Crippen molar-refractivity contribution in [3.63, 3.8) is 0 Å². The van der Waals surface area contributed by atoms with Gasteiger partial charge in [-0.25, -0.2) is 0 Å². The van der Waals surface area contributed by atoms with Crippen LogP contribution < -0.4 is 34.7 Å². The molecule has 0 amide bonds. The molecule has 0 radical (unpaired) electrons. The minimum Gasteiger partial charge on any atom is -0.550 e. The number of carboxylic acids is 4. The van der Waals surface area contributed by atoms with E-state index in [9.17, 15) is 0 Å². The predicted octanol–water partition coefficient (Wildman–Crippen LogP) is -3.97. The second-order valence-corrected chi connectivity index (χ2v) is 2.05. The zero-order chi connectivity index (χ0) is 14.3. The smallest absolute Gasteiger partial charge is 0.550 e. The van der Waals surface area contributed by atoms with E-state index in [1.807, 2.05) is 0 Å². The van der Waals surface area contributed by atoms with Gasteiger partial charge in [0.1, 0.15) is 0 Å². The molecule has 0 heterocycles. The van der Waals surface area contributed by atoms with Crippen molar-refractivity contribution in [2.45, 2.75) is 27.7 Å². The van der Waals surface area contributed by atoms with Crippen LogP contribution in [0, 0.1) is 0 Å². The topological polar surface area (TPSA) is 152 Å². The Morgan fingerprint density at radius 3 is 0.722 bits per heavy atom. The van der Waals surface area contributed by atoms with Gasteiger partial charge in [-0.1, -0.05) is 0 Å². The normalized spacial score (nSPS) is 5.56. The zero-order valence-corrected chi connectivity index (χ0v) is 13.8. The van der Waals surface area contributed by atoms with Crippen molar-refractivity contribution < 1.29 is 86.2 Å².